The molecule has 0 spiro atoms. The second-order valence-corrected chi connectivity index (χ2v) is 5.30. The molecule has 1 aromatic carbocycles. The predicted molar refractivity (Wildman–Crippen MR) is 68.3 cm³/mol. The lowest BCUT2D eigenvalue weighted by atomic mass is 10.0. The molecule has 0 saturated carbocycles. The molecule has 1 fully saturated rings. The maximum absolute atomic E-state index is 13.2. The first-order valence-electron chi connectivity index (χ1n) is 6.45. The van der Waals surface area contributed by atoms with E-state index in [1.807, 2.05) is 0 Å². The van der Waals surface area contributed by atoms with Gasteiger partial charge in [0.2, 0.25) is 0 Å². The minimum absolute atomic E-state index is 0.402. The summed E-state index contributed by atoms with van der Waals surface area (Å²) in [5.41, 5.74) is 0.829. The normalized spacial score (nSPS) is 16.3. The number of nitrogens with one attached hydrogen (secondary N) is 1. The summed E-state index contributed by atoms with van der Waals surface area (Å²) in [6.45, 7) is 8.05. The average Bonchev–Trinajstić information content (AvgIpc) is 2.26. The maximum atomic E-state index is 13.2. The van der Waals surface area contributed by atoms with E-state index in [1.54, 1.807) is 6.07 Å². The molecule has 100 valence electrons. The number of benzene rings is 1. The summed E-state index contributed by atoms with van der Waals surface area (Å²) in [5.74, 6) is -0.864. The first-order chi connectivity index (χ1) is 8.56. The second kappa shape index (κ2) is 5.76. The first kappa shape index (κ1) is 13.4. The quantitative estimate of drug-likeness (QED) is 0.868. The molecule has 0 radical (unpaired) electrons. The lowest BCUT2D eigenvalue weighted by Gasteiger charge is -2.35. The lowest BCUT2D eigenvalue weighted by Crippen LogP contribution is -2.49. The zero-order chi connectivity index (χ0) is 13.1. The van der Waals surface area contributed by atoms with Crippen LogP contribution in [0.15, 0.2) is 18.2 Å². The minimum atomic E-state index is -0.780. The van der Waals surface area contributed by atoms with Gasteiger partial charge in [-0.2, -0.15) is 0 Å². The summed E-state index contributed by atoms with van der Waals surface area (Å²) in [6.07, 6.45) is 0. The van der Waals surface area contributed by atoms with Crippen molar-refractivity contribution in [2.75, 3.05) is 19.6 Å². The lowest BCUT2D eigenvalue weighted by molar-refractivity contribution is 0.152. The van der Waals surface area contributed by atoms with Gasteiger partial charge in [0.15, 0.2) is 11.6 Å². The van der Waals surface area contributed by atoms with E-state index in [9.17, 15) is 8.78 Å². The highest BCUT2D eigenvalue weighted by Crippen LogP contribution is 2.15. The molecule has 1 aliphatic rings. The van der Waals surface area contributed by atoms with Gasteiger partial charge in [-0.1, -0.05) is 6.07 Å². The van der Waals surface area contributed by atoms with Crippen LogP contribution in [-0.2, 0) is 6.54 Å². The monoisotopic (exact) mass is 254 g/mol. The predicted octanol–water partition coefficient (Wildman–Crippen LogP) is 2.39. The smallest absolute Gasteiger partial charge is 0.159 e. The van der Waals surface area contributed by atoms with E-state index in [-0.39, 0.29) is 0 Å². The van der Waals surface area contributed by atoms with Crippen molar-refractivity contribution in [1.82, 2.24) is 10.2 Å². The Bertz CT molecular complexity index is 403. The van der Waals surface area contributed by atoms with E-state index in [4.69, 9.17) is 0 Å². The molecule has 1 heterocycles. The van der Waals surface area contributed by atoms with Gasteiger partial charge < -0.3 is 5.32 Å². The Labute approximate surface area is 107 Å². The highest BCUT2D eigenvalue weighted by Gasteiger charge is 2.21. The molecule has 0 bridgehead atoms. The molecule has 2 nitrogen and oxygen atoms in total. The molecular formula is C14H20F2N2. The Kier molecular flexibility index (Phi) is 4.30. The standard InChI is InChI=1S/C14H20F2N2/c1-10(2)18(9-12-6-17-7-12)8-11-3-4-13(15)14(16)5-11/h3-5,10,12,17H,6-9H2,1-2H3. The molecule has 0 aliphatic carbocycles. The van der Waals surface area contributed by atoms with Crippen LogP contribution in [-0.4, -0.2) is 30.6 Å². The van der Waals surface area contributed by atoms with Crippen LogP contribution in [0.3, 0.4) is 0 Å². The molecule has 4 heteroatoms. The van der Waals surface area contributed by atoms with Gasteiger partial charge in [-0.25, -0.2) is 8.78 Å². The fourth-order valence-electron chi connectivity index (χ4n) is 2.14. The van der Waals surface area contributed by atoms with E-state index in [2.05, 4.69) is 24.1 Å². The van der Waals surface area contributed by atoms with Gasteiger partial charge in [-0.15, -0.1) is 0 Å². The van der Waals surface area contributed by atoms with Gasteiger partial charge in [-0.3, -0.25) is 4.90 Å². The van der Waals surface area contributed by atoms with Crippen LogP contribution in [0.4, 0.5) is 8.78 Å². The van der Waals surface area contributed by atoms with Crippen molar-refractivity contribution in [2.45, 2.75) is 26.4 Å². The molecule has 0 unspecified atom stereocenters. The third-order valence-corrected chi connectivity index (χ3v) is 3.46. The molecule has 1 aromatic rings. The molecular weight excluding hydrogens is 234 g/mol. The Balaban J connectivity index is 2.00. The molecule has 1 aliphatic heterocycles. The number of hydrogen-bond donors (Lipinski definition) is 1. The Hall–Kier alpha value is -1.00. The van der Waals surface area contributed by atoms with Gasteiger partial charge in [0.05, 0.1) is 0 Å². The van der Waals surface area contributed by atoms with E-state index >= 15 is 0 Å². The SMILES string of the molecule is CC(C)N(Cc1ccc(F)c(F)c1)CC1CNC1. The summed E-state index contributed by atoms with van der Waals surface area (Å²) >= 11 is 0. The van der Waals surface area contributed by atoms with Crippen molar-refractivity contribution in [3.8, 4) is 0 Å². The summed E-state index contributed by atoms with van der Waals surface area (Å²) in [7, 11) is 0. The van der Waals surface area contributed by atoms with Crippen LogP contribution in [0, 0.1) is 17.6 Å². The van der Waals surface area contributed by atoms with Crippen molar-refractivity contribution in [2.24, 2.45) is 5.92 Å². The third kappa shape index (κ3) is 3.27. The van der Waals surface area contributed by atoms with E-state index in [0.29, 0.717) is 18.5 Å². The summed E-state index contributed by atoms with van der Waals surface area (Å²) in [5, 5.41) is 3.25. The van der Waals surface area contributed by atoms with Crippen LogP contribution in [0.1, 0.15) is 19.4 Å². The van der Waals surface area contributed by atoms with Crippen molar-refractivity contribution in [1.29, 1.82) is 0 Å². The van der Waals surface area contributed by atoms with Crippen LogP contribution >= 0.6 is 0 Å². The van der Waals surface area contributed by atoms with Crippen LogP contribution in [0.5, 0.6) is 0 Å². The Morgan fingerprint density at radius 2 is 2.00 bits per heavy atom. The molecule has 0 aromatic heterocycles. The van der Waals surface area contributed by atoms with Gasteiger partial charge in [0.1, 0.15) is 0 Å². The van der Waals surface area contributed by atoms with E-state index in [0.717, 1.165) is 25.2 Å². The molecule has 2 rings (SSSR count). The van der Waals surface area contributed by atoms with Gasteiger partial charge in [0, 0.05) is 32.2 Å². The van der Waals surface area contributed by atoms with Crippen molar-refractivity contribution < 1.29 is 8.78 Å². The van der Waals surface area contributed by atoms with E-state index in [1.165, 1.54) is 12.1 Å². The summed E-state index contributed by atoms with van der Waals surface area (Å²) in [6, 6.07) is 4.56. The summed E-state index contributed by atoms with van der Waals surface area (Å²) in [4.78, 5) is 2.30. The Morgan fingerprint density at radius 3 is 2.50 bits per heavy atom. The largest absolute Gasteiger partial charge is 0.316 e. The second-order valence-electron chi connectivity index (χ2n) is 5.30. The van der Waals surface area contributed by atoms with Gasteiger partial charge >= 0.3 is 0 Å². The van der Waals surface area contributed by atoms with Crippen molar-refractivity contribution >= 4 is 0 Å². The molecule has 0 amide bonds. The average molecular weight is 254 g/mol. The highest BCUT2D eigenvalue weighted by molar-refractivity contribution is 5.17. The zero-order valence-corrected chi connectivity index (χ0v) is 10.9. The zero-order valence-electron chi connectivity index (χ0n) is 10.9. The third-order valence-electron chi connectivity index (χ3n) is 3.46. The first-order valence-corrected chi connectivity index (χ1v) is 6.45. The fourth-order valence-corrected chi connectivity index (χ4v) is 2.14. The van der Waals surface area contributed by atoms with Gasteiger partial charge in [0.25, 0.3) is 0 Å². The van der Waals surface area contributed by atoms with Gasteiger partial charge in [-0.05, 0) is 37.5 Å². The molecule has 1 N–H and O–H groups in total. The number of nitrogens with zero attached hydrogens (tertiary/aromatic N) is 1. The highest BCUT2D eigenvalue weighted by atomic mass is 19.2. The minimum Gasteiger partial charge on any atom is -0.316 e. The maximum Gasteiger partial charge on any atom is 0.159 e. The number of halogens is 2. The fraction of sp³-hybridized carbons (Fsp3) is 0.571. The van der Waals surface area contributed by atoms with Crippen molar-refractivity contribution in [3.63, 3.8) is 0 Å². The van der Waals surface area contributed by atoms with Crippen LogP contribution in [0.25, 0.3) is 0 Å². The van der Waals surface area contributed by atoms with Crippen molar-refractivity contribution in [3.05, 3.63) is 35.4 Å². The number of rotatable bonds is 5. The topological polar surface area (TPSA) is 15.3 Å². The van der Waals surface area contributed by atoms with Crippen LogP contribution < -0.4 is 5.32 Å². The Morgan fingerprint density at radius 1 is 1.28 bits per heavy atom. The molecule has 18 heavy (non-hydrogen) atoms. The van der Waals surface area contributed by atoms with Crippen LogP contribution in [0.2, 0.25) is 0 Å². The number of hydrogen-bond acceptors (Lipinski definition) is 2. The van der Waals surface area contributed by atoms with E-state index < -0.39 is 11.6 Å². The molecule has 0 atom stereocenters. The summed E-state index contributed by atoms with van der Waals surface area (Å²) < 4.78 is 26.0. The molecule has 1 saturated heterocycles.